The molecule has 0 bridgehead atoms. The Kier molecular flexibility index (Phi) is 3.70. The van der Waals surface area contributed by atoms with Crippen molar-refractivity contribution in [3.63, 3.8) is 0 Å². The monoisotopic (exact) mass is 310 g/mol. The maximum atomic E-state index is 12.7. The van der Waals surface area contributed by atoms with Gasteiger partial charge in [0.15, 0.2) is 5.78 Å². The summed E-state index contributed by atoms with van der Waals surface area (Å²) in [5.41, 5.74) is 0.334. The van der Waals surface area contributed by atoms with Crippen LogP contribution < -0.4 is 0 Å². The lowest BCUT2D eigenvalue weighted by Crippen LogP contribution is -2.57. The number of rotatable bonds is 2. The maximum absolute atomic E-state index is 12.7. The molecule has 0 aromatic carbocycles. The summed E-state index contributed by atoms with van der Waals surface area (Å²) in [5.74, 6) is -2.65. The number of hydrogen-bond donors (Lipinski definition) is 2. The van der Waals surface area contributed by atoms with E-state index >= 15 is 0 Å². The Labute approximate surface area is 127 Å². The van der Waals surface area contributed by atoms with Crippen molar-refractivity contribution in [2.45, 2.75) is 31.7 Å². The summed E-state index contributed by atoms with van der Waals surface area (Å²) in [6, 6.07) is 0. The molecule has 1 aliphatic carbocycles. The number of aliphatic hydroxyl groups is 1. The summed E-state index contributed by atoms with van der Waals surface area (Å²) in [6.07, 6.45) is -0.650. The molecule has 3 aliphatic rings. The Balaban J connectivity index is 2.01. The smallest absolute Gasteiger partial charge is 0.310 e. The van der Waals surface area contributed by atoms with Crippen LogP contribution >= 0.6 is 0 Å². The predicted molar refractivity (Wildman–Crippen MR) is 72.7 cm³/mol. The van der Waals surface area contributed by atoms with Crippen LogP contribution in [0.2, 0.25) is 0 Å². The molecule has 0 amide bonds. The number of Topliss-reactive ketones (excluding diaryl/α,β-unsaturated/α-hetero) is 1. The van der Waals surface area contributed by atoms with Gasteiger partial charge in [0.2, 0.25) is 0 Å². The van der Waals surface area contributed by atoms with Crippen LogP contribution in [0.15, 0.2) is 23.2 Å². The lowest BCUT2D eigenvalue weighted by molar-refractivity contribution is -0.178. The van der Waals surface area contributed by atoms with Gasteiger partial charge in [0.05, 0.1) is 35.4 Å². The van der Waals surface area contributed by atoms with Gasteiger partial charge in [0, 0.05) is 19.6 Å². The molecule has 2 aliphatic heterocycles. The quantitative estimate of drug-likeness (QED) is 0.753. The van der Waals surface area contributed by atoms with E-state index in [1.807, 2.05) is 0 Å². The van der Waals surface area contributed by atoms with Crippen LogP contribution in [0.5, 0.6) is 0 Å². The highest BCUT2D eigenvalue weighted by Gasteiger charge is 2.55. The molecule has 7 nitrogen and oxygen atoms in total. The second-order valence-corrected chi connectivity index (χ2v) is 5.80. The van der Waals surface area contributed by atoms with Crippen molar-refractivity contribution < 1.29 is 34.0 Å². The minimum Gasteiger partial charge on any atom is -0.493 e. The second-order valence-electron chi connectivity index (χ2n) is 5.80. The number of fused-ring (bicyclic) bond motifs is 1. The first kappa shape index (κ1) is 15.1. The van der Waals surface area contributed by atoms with Gasteiger partial charge in [0.1, 0.15) is 18.5 Å². The first-order valence-electron chi connectivity index (χ1n) is 7.12. The molecule has 5 unspecified atom stereocenters. The van der Waals surface area contributed by atoms with Crippen LogP contribution in [0.25, 0.3) is 0 Å². The molecule has 2 heterocycles. The molecular formula is C15H18O7. The van der Waals surface area contributed by atoms with E-state index in [1.165, 1.54) is 7.11 Å². The van der Waals surface area contributed by atoms with E-state index in [1.54, 1.807) is 13.0 Å². The number of methoxy groups -OCH3 is 1. The van der Waals surface area contributed by atoms with Crippen LogP contribution in [-0.4, -0.2) is 54.0 Å². The zero-order valence-corrected chi connectivity index (χ0v) is 12.3. The van der Waals surface area contributed by atoms with Gasteiger partial charge in [-0.1, -0.05) is 0 Å². The van der Waals surface area contributed by atoms with Crippen molar-refractivity contribution in [1.82, 2.24) is 0 Å². The Morgan fingerprint density at radius 2 is 2.18 bits per heavy atom. The molecule has 22 heavy (non-hydrogen) atoms. The molecule has 1 fully saturated rings. The number of carbonyl (C=O) groups excluding carboxylic acids is 1. The highest BCUT2D eigenvalue weighted by Crippen LogP contribution is 2.42. The van der Waals surface area contributed by atoms with E-state index in [9.17, 15) is 19.8 Å². The zero-order valence-electron chi connectivity index (χ0n) is 12.3. The molecule has 5 atom stereocenters. The van der Waals surface area contributed by atoms with Gasteiger partial charge in [-0.05, 0) is 6.92 Å². The molecule has 2 N–H and O–H groups in total. The third kappa shape index (κ3) is 2.21. The summed E-state index contributed by atoms with van der Waals surface area (Å²) in [6.45, 7) is 1.82. The number of carbonyl (C=O) groups is 2. The standard InChI is InChI=1S/C15H18O7/c1-6-3-8-7(5-21-6)13(16)11-9(22-8)4-10(20-2)14(17)12(11)15(18)19/h3,9-12,14,17H,4-5H2,1-2H3,(H,18,19). The molecule has 0 saturated heterocycles. The molecule has 3 rings (SSSR count). The van der Waals surface area contributed by atoms with E-state index in [-0.39, 0.29) is 18.8 Å². The van der Waals surface area contributed by atoms with E-state index in [2.05, 4.69) is 0 Å². The van der Waals surface area contributed by atoms with Crippen molar-refractivity contribution in [3.8, 4) is 0 Å². The predicted octanol–water partition coefficient (Wildman–Crippen LogP) is 0.239. The number of carboxylic acid groups (broad SMARTS) is 1. The van der Waals surface area contributed by atoms with Crippen molar-refractivity contribution in [2.75, 3.05) is 13.7 Å². The summed E-state index contributed by atoms with van der Waals surface area (Å²) < 4.78 is 16.3. The lowest BCUT2D eigenvalue weighted by atomic mass is 9.69. The molecule has 0 radical (unpaired) electrons. The van der Waals surface area contributed by atoms with Gasteiger partial charge < -0.3 is 24.4 Å². The number of ether oxygens (including phenoxy) is 3. The number of carboxylic acids is 1. The first-order chi connectivity index (χ1) is 10.4. The fraction of sp³-hybridized carbons (Fsp3) is 0.600. The van der Waals surface area contributed by atoms with Crippen molar-refractivity contribution in [1.29, 1.82) is 0 Å². The summed E-state index contributed by atoms with van der Waals surface area (Å²) in [4.78, 5) is 24.2. The third-order valence-electron chi connectivity index (χ3n) is 4.54. The molecule has 0 aromatic rings. The normalized spacial score (nSPS) is 37.5. The van der Waals surface area contributed by atoms with Crippen LogP contribution in [0.4, 0.5) is 0 Å². The van der Waals surface area contributed by atoms with Crippen molar-refractivity contribution in [2.24, 2.45) is 11.8 Å². The average Bonchev–Trinajstić information content (AvgIpc) is 2.46. The van der Waals surface area contributed by atoms with Crippen molar-refractivity contribution in [3.05, 3.63) is 23.2 Å². The molecule has 7 heteroatoms. The molecule has 0 aromatic heterocycles. The first-order valence-corrected chi connectivity index (χ1v) is 7.12. The van der Waals surface area contributed by atoms with E-state index in [0.717, 1.165) is 0 Å². The van der Waals surface area contributed by atoms with Gasteiger partial charge in [-0.15, -0.1) is 0 Å². The number of aliphatic hydroxyl groups excluding tert-OH is 1. The van der Waals surface area contributed by atoms with E-state index in [4.69, 9.17) is 14.2 Å². The minimum absolute atomic E-state index is 0.0653. The molecule has 120 valence electrons. The van der Waals surface area contributed by atoms with Gasteiger partial charge >= 0.3 is 5.97 Å². The van der Waals surface area contributed by atoms with Gasteiger partial charge in [-0.25, -0.2) is 0 Å². The lowest BCUT2D eigenvalue weighted by Gasteiger charge is -2.45. The number of ketones is 1. The SMILES string of the molecule is COC1CC2OC3=C(COC(C)=C3)C(=O)C2C(C(=O)O)C1O. The molecule has 1 saturated carbocycles. The number of hydrogen-bond acceptors (Lipinski definition) is 6. The van der Waals surface area contributed by atoms with Crippen molar-refractivity contribution >= 4 is 11.8 Å². The Bertz CT molecular complexity index is 576. The molecular weight excluding hydrogens is 292 g/mol. The molecule has 0 spiro atoms. The van der Waals surface area contributed by atoms with Gasteiger partial charge in [-0.2, -0.15) is 0 Å². The maximum Gasteiger partial charge on any atom is 0.310 e. The second kappa shape index (κ2) is 5.40. The van der Waals surface area contributed by atoms with Crippen LogP contribution in [-0.2, 0) is 23.8 Å². The van der Waals surface area contributed by atoms with Crippen LogP contribution in [0.1, 0.15) is 13.3 Å². The largest absolute Gasteiger partial charge is 0.493 e. The van der Waals surface area contributed by atoms with E-state index < -0.39 is 36.1 Å². The third-order valence-corrected chi connectivity index (χ3v) is 4.54. The summed E-state index contributed by atoms with van der Waals surface area (Å²) in [7, 11) is 1.40. The Hall–Kier alpha value is -1.86. The topological polar surface area (TPSA) is 102 Å². The average molecular weight is 310 g/mol. The summed E-state index contributed by atoms with van der Waals surface area (Å²) >= 11 is 0. The minimum atomic E-state index is -1.25. The van der Waals surface area contributed by atoms with Crippen LogP contribution in [0.3, 0.4) is 0 Å². The van der Waals surface area contributed by atoms with Gasteiger partial charge in [0.25, 0.3) is 0 Å². The highest BCUT2D eigenvalue weighted by atomic mass is 16.5. The fourth-order valence-corrected chi connectivity index (χ4v) is 3.41. The Morgan fingerprint density at radius 1 is 1.45 bits per heavy atom. The van der Waals surface area contributed by atoms with E-state index in [0.29, 0.717) is 17.1 Å². The number of aliphatic carboxylic acids is 1. The number of allylic oxidation sites excluding steroid dienone is 2. The zero-order chi connectivity index (χ0) is 16.0. The van der Waals surface area contributed by atoms with Crippen LogP contribution in [0, 0.1) is 11.8 Å². The van der Waals surface area contributed by atoms with Gasteiger partial charge in [-0.3, -0.25) is 9.59 Å². The Morgan fingerprint density at radius 3 is 2.82 bits per heavy atom. The fourth-order valence-electron chi connectivity index (χ4n) is 3.41. The highest BCUT2D eigenvalue weighted by molar-refractivity contribution is 6.01. The summed E-state index contributed by atoms with van der Waals surface area (Å²) in [5, 5.41) is 19.7.